The highest BCUT2D eigenvalue weighted by Crippen LogP contribution is 2.27. The van der Waals surface area contributed by atoms with Crippen LogP contribution in [-0.2, 0) is 14.6 Å². The number of sulfone groups is 1. The zero-order chi connectivity index (χ0) is 17.8. The molecule has 6 nitrogen and oxygen atoms in total. The highest BCUT2D eigenvalue weighted by atomic mass is 32.2. The van der Waals surface area contributed by atoms with Crippen molar-refractivity contribution in [3.05, 3.63) is 23.8 Å². The quantitative estimate of drug-likeness (QED) is 0.580. The predicted molar refractivity (Wildman–Crippen MR) is 94.1 cm³/mol. The standard InChI is InChI=1S/C16H28N2O4S/c1-12-7-8-14(13(17)11-12)18(9-6-10-23(5,20)21)15(19)22-16(2,3)4/h7-8,11,15,19H,6,9-10,17H2,1-5H3. The molecule has 1 aromatic rings. The molecule has 0 bridgehead atoms. The van der Waals surface area contributed by atoms with E-state index in [-0.39, 0.29) is 5.75 Å². The highest BCUT2D eigenvalue weighted by Gasteiger charge is 2.24. The molecule has 0 heterocycles. The molecule has 0 saturated heterocycles. The number of aliphatic hydroxyl groups excluding tert-OH is 1. The van der Waals surface area contributed by atoms with Crippen LogP contribution in [0.5, 0.6) is 0 Å². The lowest BCUT2D eigenvalue weighted by atomic mass is 10.1. The maximum absolute atomic E-state index is 11.3. The first-order chi connectivity index (χ1) is 10.4. The van der Waals surface area contributed by atoms with Gasteiger partial charge in [0.25, 0.3) is 0 Å². The van der Waals surface area contributed by atoms with Gasteiger partial charge in [-0.2, -0.15) is 0 Å². The second-order valence-electron chi connectivity index (χ2n) is 6.80. The number of anilines is 2. The molecule has 1 unspecified atom stereocenters. The first-order valence-electron chi connectivity index (χ1n) is 7.55. The zero-order valence-corrected chi connectivity index (χ0v) is 15.4. The van der Waals surface area contributed by atoms with Crippen molar-refractivity contribution in [2.24, 2.45) is 0 Å². The molecule has 0 radical (unpaired) electrons. The van der Waals surface area contributed by atoms with Crippen molar-refractivity contribution < 1.29 is 18.3 Å². The normalized spacial score (nSPS) is 13.8. The number of nitrogens with zero attached hydrogens (tertiary/aromatic N) is 1. The van der Waals surface area contributed by atoms with E-state index in [0.717, 1.165) is 5.56 Å². The van der Waals surface area contributed by atoms with Gasteiger partial charge in [-0.25, -0.2) is 8.42 Å². The van der Waals surface area contributed by atoms with E-state index in [1.165, 1.54) is 6.26 Å². The average molecular weight is 344 g/mol. The Morgan fingerprint density at radius 1 is 1.35 bits per heavy atom. The minimum absolute atomic E-state index is 0.0392. The molecule has 0 aliphatic carbocycles. The number of nitrogens with two attached hydrogens (primary N) is 1. The van der Waals surface area contributed by atoms with Crippen LogP contribution >= 0.6 is 0 Å². The van der Waals surface area contributed by atoms with Crippen molar-refractivity contribution in [1.29, 1.82) is 0 Å². The van der Waals surface area contributed by atoms with Crippen LogP contribution in [0.25, 0.3) is 0 Å². The molecule has 1 atom stereocenters. The maximum Gasteiger partial charge on any atom is 0.238 e. The average Bonchev–Trinajstić information content (AvgIpc) is 2.32. The molecule has 23 heavy (non-hydrogen) atoms. The third kappa shape index (κ3) is 7.20. The van der Waals surface area contributed by atoms with Gasteiger partial charge in [0.15, 0.2) is 0 Å². The second kappa shape index (κ2) is 7.51. The van der Waals surface area contributed by atoms with E-state index in [4.69, 9.17) is 10.5 Å². The molecule has 0 spiro atoms. The number of hydrogen-bond acceptors (Lipinski definition) is 6. The molecule has 1 rings (SSSR count). The Balaban J connectivity index is 3.00. The van der Waals surface area contributed by atoms with Crippen molar-refractivity contribution in [1.82, 2.24) is 0 Å². The zero-order valence-electron chi connectivity index (χ0n) is 14.5. The Hall–Kier alpha value is -1.31. The van der Waals surface area contributed by atoms with Crippen LogP contribution < -0.4 is 10.6 Å². The molecular weight excluding hydrogens is 316 g/mol. The summed E-state index contributed by atoms with van der Waals surface area (Å²) in [5, 5.41) is 10.4. The number of nitrogen functional groups attached to an aromatic ring is 1. The first kappa shape index (κ1) is 19.7. The maximum atomic E-state index is 11.3. The van der Waals surface area contributed by atoms with E-state index in [9.17, 15) is 13.5 Å². The fourth-order valence-corrected chi connectivity index (χ4v) is 2.82. The van der Waals surface area contributed by atoms with E-state index in [2.05, 4.69) is 0 Å². The molecule has 0 aliphatic rings. The Kier molecular flexibility index (Phi) is 6.44. The Morgan fingerprint density at radius 3 is 2.43 bits per heavy atom. The molecule has 0 aromatic heterocycles. The van der Waals surface area contributed by atoms with Crippen LogP contribution in [-0.4, -0.2) is 44.1 Å². The van der Waals surface area contributed by atoms with Crippen LogP contribution in [0.15, 0.2) is 18.2 Å². The highest BCUT2D eigenvalue weighted by molar-refractivity contribution is 7.90. The van der Waals surface area contributed by atoms with Gasteiger partial charge in [0, 0.05) is 12.8 Å². The molecule has 1 aromatic carbocycles. The lowest BCUT2D eigenvalue weighted by Gasteiger charge is -2.34. The Morgan fingerprint density at radius 2 is 1.96 bits per heavy atom. The summed E-state index contributed by atoms with van der Waals surface area (Å²) in [6.07, 6.45) is 0.357. The van der Waals surface area contributed by atoms with Gasteiger partial charge in [0.1, 0.15) is 9.84 Å². The second-order valence-corrected chi connectivity index (χ2v) is 9.06. The molecule has 7 heteroatoms. The van der Waals surface area contributed by atoms with Crippen molar-refractivity contribution >= 4 is 21.2 Å². The largest absolute Gasteiger partial charge is 0.397 e. The Labute approximate surface area is 139 Å². The van der Waals surface area contributed by atoms with Gasteiger partial charge in [0.2, 0.25) is 6.41 Å². The molecule has 132 valence electrons. The summed E-state index contributed by atoms with van der Waals surface area (Å²) in [6, 6.07) is 5.50. The van der Waals surface area contributed by atoms with Gasteiger partial charge in [-0.05, 0) is 51.8 Å². The lowest BCUT2D eigenvalue weighted by molar-refractivity contribution is -0.164. The van der Waals surface area contributed by atoms with Crippen molar-refractivity contribution in [3.8, 4) is 0 Å². The van der Waals surface area contributed by atoms with Gasteiger partial charge >= 0.3 is 0 Å². The van der Waals surface area contributed by atoms with E-state index in [1.807, 2.05) is 39.8 Å². The van der Waals surface area contributed by atoms with E-state index >= 15 is 0 Å². The van der Waals surface area contributed by atoms with Gasteiger partial charge in [-0.15, -0.1) is 0 Å². The molecule has 3 N–H and O–H groups in total. The van der Waals surface area contributed by atoms with Crippen LogP contribution in [0, 0.1) is 6.92 Å². The summed E-state index contributed by atoms with van der Waals surface area (Å²) in [4.78, 5) is 1.59. The van der Waals surface area contributed by atoms with Gasteiger partial charge in [0.05, 0.1) is 22.7 Å². The topological polar surface area (TPSA) is 92.9 Å². The van der Waals surface area contributed by atoms with Crippen molar-refractivity contribution in [2.45, 2.75) is 46.1 Å². The lowest BCUT2D eigenvalue weighted by Crippen LogP contribution is -2.43. The summed E-state index contributed by atoms with van der Waals surface area (Å²) in [6.45, 7) is 7.75. The van der Waals surface area contributed by atoms with Crippen LogP contribution in [0.2, 0.25) is 0 Å². The van der Waals surface area contributed by atoms with Crippen LogP contribution in [0.3, 0.4) is 0 Å². The summed E-state index contributed by atoms with van der Waals surface area (Å²) < 4.78 is 28.2. The third-order valence-electron chi connectivity index (χ3n) is 3.13. The first-order valence-corrected chi connectivity index (χ1v) is 9.61. The predicted octanol–water partition coefficient (Wildman–Crippen LogP) is 1.91. The van der Waals surface area contributed by atoms with Crippen molar-refractivity contribution in [3.63, 3.8) is 0 Å². The summed E-state index contributed by atoms with van der Waals surface area (Å²) >= 11 is 0. The number of hydrogen-bond donors (Lipinski definition) is 2. The minimum Gasteiger partial charge on any atom is -0.397 e. The molecule has 0 aliphatic heterocycles. The number of aliphatic hydroxyl groups is 1. The summed E-state index contributed by atoms with van der Waals surface area (Å²) in [5.74, 6) is 0.0392. The van der Waals surface area contributed by atoms with Gasteiger partial charge in [-0.3, -0.25) is 0 Å². The number of ether oxygens (including phenoxy) is 1. The summed E-state index contributed by atoms with van der Waals surface area (Å²) in [7, 11) is -3.06. The van der Waals surface area contributed by atoms with E-state index < -0.39 is 21.9 Å². The number of aryl methyl sites for hydroxylation is 1. The summed E-state index contributed by atoms with van der Waals surface area (Å²) in [5.41, 5.74) is 7.66. The Bertz CT molecular complexity index is 623. The minimum atomic E-state index is -3.06. The molecular formula is C16H28N2O4S. The smallest absolute Gasteiger partial charge is 0.238 e. The molecule has 0 saturated carbocycles. The van der Waals surface area contributed by atoms with Crippen LogP contribution in [0.4, 0.5) is 11.4 Å². The monoisotopic (exact) mass is 344 g/mol. The third-order valence-corrected chi connectivity index (χ3v) is 4.16. The van der Waals surface area contributed by atoms with E-state index in [0.29, 0.717) is 24.3 Å². The van der Waals surface area contributed by atoms with Gasteiger partial charge < -0.3 is 20.5 Å². The SMILES string of the molecule is Cc1ccc(N(CCCS(C)(=O)=O)C(O)OC(C)(C)C)c(N)c1. The molecule has 0 fully saturated rings. The van der Waals surface area contributed by atoms with Crippen LogP contribution in [0.1, 0.15) is 32.8 Å². The van der Waals surface area contributed by atoms with Crippen molar-refractivity contribution in [2.75, 3.05) is 29.2 Å². The van der Waals surface area contributed by atoms with E-state index in [1.54, 1.807) is 11.0 Å². The fourth-order valence-electron chi connectivity index (χ4n) is 2.16. The van der Waals surface area contributed by atoms with Gasteiger partial charge in [-0.1, -0.05) is 6.07 Å². The molecule has 0 amide bonds. The fraction of sp³-hybridized carbons (Fsp3) is 0.625. The number of benzene rings is 1. The number of rotatable bonds is 7.